The first-order chi connectivity index (χ1) is 14.6. The summed E-state index contributed by atoms with van der Waals surface area (Å²) in [5.74, 6) is 1.41. The number of carbonyl (C=O) groups is 2. The first-order valence-corrected chi connectivity index (χ1v) is 11.4. The van der Waals surface area contributed by atoms with Crippen LogP contribution in [0.3, 0.4) is 0 Å². The van der Waals surface area contributed by atoms with Crippen molar-refractivity contribution in [1.29, 1.82) is 0 Å². The second kappa shape index (κ2) is 7.84. The molecule has 1 aromatic heterocycles. The van der Waals surface area contributed by atoms with Crippen molar-refractivity contribution in [3.05, 3.63) is 18.3 Å². The molecule has 0 radical (unpaired) electrons. The number of hydrogen-bond donors (Lipinski definition) is 0. The van der Waals surface area contributed by atoms with Crippen molar-refractivity contribution < 1.29 is 19.1 Å². The molecule has 2 saturated heterocycles. The summed E-state index contributed by atoms with van der Waals surface area (Å²) in [4.78, 5) is 33.4. The van der Waals surface area contributed by atoms with Crippen molar-refractivity contribution in [1.82, 2.24) is 14.8 Å². The van der Waals surface area contributed by atoms with Gasteiger partial charge < -0.3 is 9.47 Å². The lowest BCUT2D eigenvalue weighted by atomic mass is 9.76. The minimum atomic E-state index is -0.310. The van der Waals surface area contributed by atoms with Gasteiger partial charge in [0.1, 0.15) is 6.61 Å². The molecule has 3 fully saturated rings. The quantitative estimate of drug-likeness (QED) is 0.546. The number of ether oxygens (including phenoxy) is 2. The third-order valence-corrected chi connectivity index (χ3v) is 7.36. The summed E-state index contributed by atoms with van der Waals surface area (Å²) in [6.45, 7) is 3.85. The van der Waals surface area contributed by atoms with Gasteiger partial charge in [0.05, 0.1) is 0 Å². The molecule has 0 N–H and O–H groups in total. The van der Waals surface area contributed by atoms with E-state index in [4.69, 9.17) is 9.47 Å². The third-order valence-electron chi connectivity index (χ3n) is 7.36. The molecular formula is C23H31N3O4. The first kappa shape index (κ1) is 19.8. The fourth-order valence-corrected chi connectivity index (χ4v) is 5.69. The monoisotopic (exact) mass is 413 g/mol. The molecule has 1 atom stereocenters. The van der Waals surface area contributed by atoms with Gasteiger partial charge >= 0.3 is 0 Å². The molecule has 3 aliphatic heterocycles. The molecule has 1 unspecified atom stereocenters. The molecule has 1 aromatic rings. The SMILES string of the molecule is O=C1CC2(CCCC2)CC(=O)N1CCCCN1CCC2(COc3cccnc3O2)C1. The lowest BCUT2D eigenvalue weighted by molar-refractivity contribution is -0.153. The van der Waals surface area contributed by atoms with Crippen molar-refractivity contribution >= 4 is 11.8 Å². The average molecular weight is 414 g/mol. The Balaban J connectivity index is 1.07. The van der Waals surface area contributed by atoms with Crippen LogP contribution in [0.15, 0.2) is 18.3 Å². The number of carbonyl (C=O) groups excluding carboxylic acids is 2. The summed E-state index contributed by atoms with van der Waals surface area (Å²) in [7, 11) is 0. The zero-order valence-corrected chi connectivity index (χ0v) is 17.6. The molecule has 1 aliphatic carbocycles. The number of fused-ring (bicyclic) bond motifs is 1. The fourth-order valence-electron chi connectivity index (χ4n) is 5.69. The van der Waals surface area contributed by atoms with Crippen molar-refractivity contribution in [2.75, 3.05) is 32.8 Å². The van der Waals surface area contributed by atoms with E-state index in [0.29, 0.717) is 31.9 Å². The van der Waals surface area contributed by atoms with Gasteiger partial charge in [-0.2, -0.15) is 0 Å². The maximum Gasteiger partial charge on any atom is 0.257 e. The maximum atomic E-state index is 12.6. The van der Waals surface area contributed by atoms with Crippen molar-refractivity contribution in [3.8, 4) is 11.6 Å². The van der Waals surface area contributed by atoms with Crippen LogP contribution in [0.4, 0.5) is 0 Å². The molecule has 4 heterocycles. The predicted octanol–water partition coefficient (Wildman–Crippen LogP) is 2.79. The van der Waals surface area contributed by atoms with Crippen LogP contribution >= 0.6 is 0 Å². The molecule has 4 aliphatic rings. The summed E-state index contributed by atoms with van der Waals surface area (Å²) >= 11 is 0. The summed E-state index contributed by atoms with van der Waals surface area (Å²) in [6, 6.07) is 3.74. The Morgan fingerprint density at radius 3 is 2.60 bits per heavy atom. The van der Waals surface area contributed by atoms with Gasteiger partial charge in [0.2, 0.25) is 11.8 Å². The number of aromatic nitrogens is 1. The van der Waals surface area contributed by atoms with Crippen LogP contribution in [0.25, 0.3) is 0 Å². The summed E-state index contributed by atoms with van der Waals surface area (Å²) in [5, 5.41) is 0. The lowest BCUT2D eigenvalue weighted by Crippen LogP contribution is -2.48. The van der Waals surface area contributed by atoms with Gasteiger partial charge in [-0.3, -0.25) is 19.4 Å². The largest absolute Gasteiger partial charge is 0.484 e. The van der Waals surface area contributed by atoms with Crippen LogP contribution in [-0.2, 0) is 9.59 Å². The molecular weight excluding hydrogens is 382 g/mol. The van der Waals surface area contributed by atoms with E-state index in [9.17, 15) is 9.59 Å². The molecule has 2 amide bonds. The van der Waals surface area contributed by atoms with E-state index in [1.54, 1.807) is 6.20 Å². The first-order valence-electron chi connectivity index (χ1n) is 11.4. The van der Waals surface area contributed by atoms with E-state index in [-0.39, 0.29) is 22.8 Å². The molecule has 0 bridgehead atoms. The normalized spacial score (nSPS) is 28.1. The topological polar surface area (TPSA) is 72.0 Å². The van der Waals surface area contributed by atoms with Crippen LogP contribution in [0.1, 0.15) is 57.8 Å². The second-order valence-electron chi connectivity index (χ2n) is 9.61. The fraction of sp³-hybridized carbons (Fsp3) is 0.696. The molecule has 7 heteroatoms. The summed E-state index contributed by atoms with van der Waals surface area (Å²) in [5.41, 5.74) is -0.320. The Morgan fingerprint density at radius 1 is 1.03 bits per heavy atom. The number of likely N-dealkylation sites (tertiary alicyclic amines) is 2. The van der Waals surface area contributed by atoms with Gasteiger partial charge in [-0.25, -0.2) is 4.98 Å². The molecule has 162 valence electrons. The number of pyridine rings is 1. The lowest BCUT2D eigenvalue weighted by Gasteiger charge is -2.37. The van der Waals surface area contributed by atoms with E-state index in [1.165, 1.54) is 4.90 Å². The van der Waals surface area contributed by atoms with E-state index >= 15 is 0 Å². The Morgan fingerprint density at radius 2 is 1.80 bits per heavy atom. The van der Waals surface area contributed by atoms with Crippen LogP contribution < -0.4 is 9.47 Å². The Bertz CT molecular complexity index is 802. The Kier molecular flexibility index (Phi) is 5.17. The molecule has 1 saturated carbocycles. The van der Waals surface area contributed by atoms with E-state index in [1.807, 2.05) is 12.1 Å². The van der Waals surface area contributed by atoms with Gasteiger partial charge in [0, 0.05) is 45.1 Å². The van der Waals surface area contributed by atoms with Crippen LogP contribution in [0.2, 0.25) is 0 Å². The average Bonchev–Trinajstić information content (AvgIpc) is 3.34. The number of piperidine rings is 1. The minimum absolute atomic E-state index is 0.00984. The van der Waals surface area contributed by atoms with Gasteiger partial charge in [-0.1, -0.05) is 12.8 Å². The van der Waals surface area contributed by atoms with Gasteiger partial charge in [-0.05, 0) is 49.8 Å². The highest BCUT2D eigenvalue weighted by Gasteiger charge is 2.46. The van der Waals surface area contributed by atoms with Crippen LogP contribution in [-0.4, -0.2) is 65.0 Å². The summed E-state index contributed by atoms with van der Waals surface area (Å²) < 4.78 is 12.1. The zero-order chi connectivity index (χ0) is 20.6. The predicted molar refractivity (Wildman–Crippen MR) is 110 cm³/mol. The van der Waals surface area contributed by atoms with Crippen LogP contribution in [0.5, 0.6) is 11.6 Å². The molecule has 30 heavy (non-hydrogen) atoms. The number of rotatable bonds is 5. The molecule has 5 rings (SSSR count). The number of amides is 2. The van der Waals surface area contributed by atoms with E-state index in [0.717, 1.165) is 70.3 Å². The van der Waals surface area contributed by atoms with Crippen molar-refractivity contribution in [2.45, 2.75) is 63.4 Å². The second-order valence-corrected chi connectivity index (χ2v) is 9.61. The summed E-state index contributed by atoms with van der Waals surface area (Å²) in [6.07, 6.45) is 10.0. The third kappa shape index (κ3) is 3.80. The molecule has 0 aromatic carbocycles. The maximum absolute atomic E-state index is 12.6. The van der Waals surface area contributed by atoms with E-state index < -0.39 is 0 Å². The van der Waals surface area contributed by atoms with Gasteiger partial charge in [-0.15, -0.1) is 0 Å². The Labute approximate surface area is 177 Å². The number of imide groups is 1. The van der Waals surface area contributed by atoms with E-state index in [2.05, 4.69) is 9.88 Å². The number of unbranched alkanes of at least 4 members (excludes halogenated alkanes) is 1. The highest BCUT2D eigenvalue weighted by molar-refractivity contribution is 5.98. The molecule has 7 nitrogen and oxygen atoms in total. The highest BCUT2D eigenvalue weighted by atomic mass is 16.6. The van der Waals surface area contributed by atoms with Crippen molar-refractivity contribution in [3.63, 3.8) is 0 Å². The minimum Gasteiger partial charge on any atom is -0.484 e. The standard InChI is InChI=1S/C23H31N3O4/c27-19-14-22(7-1-2-8-22)15-20(28)26(19)12-4-3-11-25-13-9-23(16-25)17-29-18-6-5-10-24-21(18)30-23/h5-6,10H,1-4,7-9,11-17H2. The van der Waals surface area contributed by atoms with Crippen LogP contribution in [0, 0.1) is 5.41 Å². The number of nitrogens with zero attached hydrogens (tertiary/aromatic N) is 3. The highest BCUT2D eigenvalue weighted by Crippen LogP contribution is 2.47. The Hall–Kier alpha value is -2.15. The van der Waals surface area contributed by atoms with Gasteiger partial charge in [0.15, 0.2) is 11.4 Å². The van der Waals surface area contributed by atoms with Crippen molar-refractivity contribution in [2.24, 2.45) is 5.41 Å². The smallest absolute Gasteiger partial charge is 0.257 e. The molecule has 2 spiro atoms. The zero-order valence-electron chi connectivity index (χ0n) is 17.6. The van der Waals surface area contributed by atoms with Gasteiger partial charge in [0.25, 0.3) is 5.88 Å². The number of hydrogen-bond acceptors (Lipinski definition) is 6.